The summed E-state index contributed by atoms with van der Waals surface area (Å²) in [5.41, 5.74) is -0.724. The zero-order chi connectivity index (χ0) is 22.3. The van der Waals surface area contributed by atoms with Crippen LogP contribution >= 0.6 is 0 Å². The van der Waals surface area contributed by atoms with Gasteiger partial charge in [0.05, 0.1) is 18.3 Å². The number of aliphatic carboxylic acids is 1. The Bertz CT molecular complexity index is 790. The van der Waals surface area contributed by atoms with Gasteiger partial charge in [0.2, 0.25) is 0 Å². The third-order valence-electron chi connectivity index (χ3n) is 5.58. The van der Waals surface area contributed by atoms with Gasteiger partial charge in [0.15, 0.2) is 0 Å². The van der Waals surface area contributed by atoms with Crippen LogP contribution in [0.5, 0.6) is 5.75 Å². The molecule has 1 unspecified atom stereocenters. The maximum absolute atomic E-state index is 12.8. The van der Waals surface area contributed by atoms with Crippen molar-refractivity contribution in [1.29, 1.82) is 0 Å². The van der Waals surface area contributed by atoms with Crippen molar-refractivity contribution in [3.63, 3.8) is 0 Å². The number of ether oxygens (including phenoxy) is 1. The van der Waals surface area contributed by atoms with E-state index in [0.717, 1.165) is 31.4 Å². The van der Waals surface area contributed by atoms with Gasteiger partial charge in [-0.3, -0.25) is 4.79 Å². The molecule has 1 saturated carbocycles. The molecule has 0 radical (unpaired) electrons. The van der Waals surface area contributed by atoms with Crippen LogP contribution in [-0.2, 0) is 20.7 Å². The lowest BCUT2D eigenvalue weighted by Gasteiger charge is -2.27. The van der Waals surface area contributed by atoms with Gasteiger partial charge in [-0.05, 0) is 43.9 Å². The first-order chi connectivity index (χ1) is 14.8. The van der Waals surface area contributed by atoms with E-state index in [1.54, 1.807) is 0 Å². The Labute approximate surface area is 179 Å². The number of halogens is 3. The standard InChI is InChI=1S/C23H27F3O5/c24-23(25,26)16-8-7-9-17(14-16)29-13-6-5-11-19-18(20-15-21(19)31-30-20)10-3-1-2-4-12-22(27)28/h1,3,5,7-9,11,14,18-21H,2,4,6,10,12-13,15H2,(H,27,28)/b3-1-,11-5+/t18-,19?,20+,21-/m1/s1. The van der Waals surface area contributed by atoms with Crippen molar-refractivity contribution in [3.05, 3.63) is 54.1 Å². The lowest BCUT2D eigenvalue weighted by molar-refractivity contribution is -0.336. The molecule has 1 aromatic rings. The number of allylic oxidation sites excluding steroid dienone is 2. The van der Waals surface area contributed by atoms with Gasteiger partial charge in [-0.25, -0.2) is 9.78 Å². The molecule has 3 rings (SSSR count). The van der Waals surface area contributed by atoms with Gasteiger partial charge in [0.25, 0.3) is 0 Å². The molecule has 0 amide bonds. The predicted molar refractivity (Wildman–Crippen MR) is 107 cm³/mol. The normalized spacial score (nSPS) is 25.6. The number of carboxylic acids is 1. The first-order valence-corrected chi connectivity index (χ1v) is 10.5. The van der Waals surface area contributed by atoms with Gasteiger partial charge in [-0.1, -0.05) is 30.4 Å². The summed E-state index contributed by atoms with van der Waals surface area (Å²) in [7, 11) is 0. The van der Waals surface area contributed by atoms with Crippen LogP contribution in [0, 0.1) is 11.8 Å². The van der Waals surface area contributed by atoms with E-state index in [0.29, 0.717) is 12.8 Å². The molecule has 4 atom stereocenters. The average molecular weight is 440 g/mol. The molecule has 1 aromatic carbocycles. The number of benzene rings is 1. The van der Waals surface area contributed by atoms with Crippen LogP contribution in [0.4, 0.5) is 13.2 Å². The molecule has 2 aliphatic rings. The third kappa shape index (κ3) is 6.83. The molecule has 0 aromatic heterocycles. The van der Waals surface area contributed by atoms with Gasteiger partial charge < -0.3 is 9.84 Å². The van der Waals surface area contributed by atoms with Gasteiger partial charge in [-0.2, -0.15) is 13.2 Å². The van der Waals surface area contributed by atoms with Gasteiger partial charge in [0.1, 0.15) is 11.9 Å². The van der Waals surface area contributed by atoms with Crippen molar-refractivity contribution >= 4 is 5.97 Å². The van der Waals surface area contributed by atoms with E-state index in [1.165, 1.54) is 12.1 Å². The highest BCUT2D eigenvalue weighted by Crippen LogP contribution is 2.44. The fourth-order valence-corrected chi connectivity index (χ4v) is 4.02. The Morgan fingerprint density at radius 3 is 2.74 bits per heavy atom. The summed E-state index contributed by atoms with van der Waals surface area (Å²) in [6.07, 6.45) is 7.59. The molecular weight excluding hydrogens is 413 g/mol. The number of hydrogen-bond donors (Lipinski definition) is 1. The van der Waals surface area contributed by atoms with Crippen molar-refractivity contribution in [1.82, 2.24) is 0 Å². The summed E-state index contributed by atoms with van der Waals surface area (Å²) >= 11 is 0. The minimum atomic E-state index is -4.39. The Hall–Kier alpha value is -2.32. The Kier molecular flexibility index (Phi) is 8.15. The second-order valence-electron chi connectivity index (χ2n) is 7.83. The summed E-state index contributed by atoms with van der Waals surface area (Å²) in [5.74, 6) is -0.0915. The first-order valence-electron chi connectivity index (χ1n) is 10.5. The van der Waals surface area contributed by atoms with Crippen molar-refractivity contribution in [3.8, 4) is 5.75 Å². The lowest BCUT2D eigenvalue weighted by Crippen LogP contribution is -2.28. The molecule has 2 fully saturated rings. The molecular formula is C23H27F3O5. The molecule has 1 saturated heterocycles. The monoisotopic (exact) mass is 440 g/mol. The summed E-state index contributed by atoms with van der Waals surface area (Å²) in [6, 6.07) is 4.87. The number of rotatable bonds is 11. The maximum atomic E-state index is 12.8. The van der Waals surface area contributed by atoms with E-state index in [-0.39, 0.29) is 42.8 Å². The Morgan fingerprint density at radius 2 is 1.97 bits per heavy atom. The molecule has 0 spiro atoms. The largest absolute Gasteiger partial charge is 0.493 e. The van der Waals surface area contributed by atoms with E-state index in [9.17, 15) is 18.0 Å². The van der Waals surface area contributed by atoms with E-state index < -0.39 is 17.7 Å². The molecule has 31 heavy (non-hydrogen) atoms. The van der Waals surface area contributed by atoms with Gasteiger partial charge >= 0.3 is 12.1 Å². The first kappa shape index (κ1) is 23.3. The molecule has 1 N–H and O–H groups in total. The van der Waals surface area contributed by atoms with E-state index >= 15 is 0 Å². The number of carbonyl (C=O) groups is 1. The molecule has 5 nitrogen and oxygen atoms in total. The molecule has 170 valence electrons. The average Bonchev–Trinajstić information content (AvgIpc) is 3.32. The van der Waals surface area contributed by atoms with Crippen LogP contribution in [-0.4, -0.2) is 29.9 Å². The van der Waals surface area contributed by atoms with Crippen molar-refractivity contribution in [2.45, 2.75) is 56.9 Å². The van der Waals surface area contributed by atoms with Crippen LogP contribution in [0.3, 0.4) is 0 Å². The fraction of sp³-hybridized carbons (Fsp3) is 0.522. The predicted octanol–water partition coefficient (Wildman–Crippen LogP) is 5.57. The van der Waals surface area contributed by atoms with E-state index in [1.807, 2.05) is 12.2 Å². The van der Waals surface area contributed by atoms with Crippen LogP contribution < -0.4 is 4.74 Å². The number of unbranched alkanes of at least 4 members (excludes halogenated alkanes) is 1. The molecule has 1 heterocycles. The second-order valence-corrected chi connectivity index (χ2v) is 7.83. The topological polar surface area (TPSA) is 65.0 Å². The maximum Gasteiger partial charge on any atom is 0.416 e. The third-order valence-corrected chi connectivity index (χ3v) is 5.58. The number of alkyl halides is 3. The Balaban J connectivity index is 1.43. The van der Waals surface area contributed by atoms with Crippen molar-refractivity contribution in [2.75, 3.05) is 6.61 Å². The zero-order valence-electron chi connectivity index (χ0n) is 17.1. The van der Waals surface area contributed by atoms with Crippen LogP contribution in [0.15, 0.2) is 48.6 Å². The second kappa shape index (κ2) is 10.8. The minimum Gasteiger partial charge on any atom is -0.493 e. The van der Waals surface area contributed by atoms with Crippen molar-refractivity contribution < 1.29 is 37.6 Å². The van der Waals surface area contributed by atoms with Gasteiger partial charge in [0, 0.05) is 24.7 Å². The molecule has 8 heteroatoms. The lowest BCUT2D eigenvalue weighted by atomic mass is 9.89. The highest BCUT2D eigenvalue weighted by atomic mass is 19.4. The molecule has 1 aliphatic heterocycles. The van der Waals surface area contributed by atoms with Gasteiger partial charge in [-0.15, -0.1) is 0 Å². The quantitative estimate of drug-likeness (QED) is 0.277. The van der Waals surface area contributed by atoms with Crippen LogP contribution in [0.1, 0.15) is 44.1 Å². The zero-order valence-corrected chi connectivity index (χ0v) is 17.1. The fourth-order valence-electron chi connectivity index (χ4n) is 4.02. The summed E-state index contributed by atoms with van der Waals surface area (Å²) < 4.78 is 43.7. The summed E-state index contributed by atoms with van der Waals surface area (Å²) in [4.78, 5) is 21.3. The van der Waals surface area contributed by atoms with Crippen molar-refractivity contribution in [2.24, 2.45) is 11.8 Å². The molecule has 2 bridgehead atoms. The van der Waals surface area contributed by atoms with E-state index in [2.05, 4.69) is 12.2 Å². The number of carboxylic acid groups (broad SMARTS) is 1. The van der Waals surface area contributed by atoms with Crippen LogP contribution in [0.25, 0.3) is 0 Å². The minimum absolute atomic E-state index is 0.0102. The summed E-state index contributed by atoms with van der Waals surface area (Å²) in [5, 5.41) is 8.66. The summed E-state index contributed by atoms with van der Waals surface area (Å²) in [6.45, 7) is 0.282. The number of hydrogen-bond acceptors (Lipinski definition) is 4. The number of fused-ring (bicyclic) bond motifs is 2. The highest BCUT2D eigenvalue weighted by Gasteiger charge is 2.49. The van der Waals surface area contributed by atoms with Crippen LogP contribution in [0.2, 0.25) is 0 Å². The smallest absolute Gasteiger partial charge is 0.416 e. The van der Waals surface area contributed by atoms with E-state index in [4.69, 9.17) is 19.6 Å². The molecule has 1 aliphatic carbocycles. The highest BCUT2D eigenvalue weighted by molar-refractivity contribution is 5.66. The SMILES string of the molecule is O=C(O)CCC/C=C\C[C@@H]1C(/C=C/CCOc2cccc(C(F)(F)F)c2)[C@H]2C[C@@H]1OO2. The Morgan fingerprint density at radius 1 is 1.16 bits per heavy atom.